The molecule has 0 amide bonds. The van der Waals surface area contributed by atoms with Crippen LogP contribution in [0.5, 0.6) is 5.75 Å². The van der Waals surface area contributed by atoms with Gasteiger partial charge in [0, 0.05) is 13.1 Å². The zero-order valence-corrected chi connectivity index (χ0v) is 17.0. The predicted molar refractivity (Wildman–Crippen MR) is 105 cm³/mol. The Hall–Kier alpha value is -2.54. The molecule has 0 atom stereocenters. The first kappa shape index (κ1) is 22.7. The van der Waals surface area contributed by atoms with Crippen LogP contribution in [-0.4, -0.2) is 18.2 Å². The largest absolute Gasteiger partial charge is 0.476 e. The first-order chi connectivity index (χ1) is 13.5. The molecule has 0 saturated heterocycles. The van der Waals surface area contributed by atoms with Gasteiger partial charge in [0.1, 0.15) is 5.75 Å². The number of hydrogen-bond donors (Lipinski definition) is 1. The van der Waals surface area contributed by atoms with Crippen molar-refractivity contribution >= 4 is 5.97 Å². The molecule has 0 aromatic heterocycles. The van der Waals surface area contributed by atoms with E-state index in [0.717, 1.165) is 28.8 Å². The number of benzene rings is 2. The van der Waals surface area contributed by atoms with Crippen LogP contribution >= 0.6 is 0 Å². The van der Waals surface area contributed by atoms with Crippen molar-refractivity contribution in [3.8, 4) is 5.75 Å². The summed E-state index contributed by atoms with van der Waals surface area (Å²) in [6.45, 7) is 8.22. The Bertz CT molecular complexity index is 830. The Morgan fingerprint density at radius 3 is 2.14 bits per heavy atom. The molecule has 7 heteroatoms. The van der Waals surface area contributed by atoms with Crippen LogP contribution < -0.4 is 10.1 Å². The van der Waals surface area contributed by atoms with E-state index in [-0.39, 0.29) is 6.61 Å². The van der Waals surface area contributed by atoms with Gasteiger partial charge in [0.2, 0.25) is 0 Å². The fourth-order valence-electron chi connectivity index (χ4n) is 2.72. The molecule has 1 N–H and O–H groups in total. The molecule has 0 heterocycles. The molecule has 2 rings (SSSR count). The lowest BCUT2D eigenvalue weighted by atomic mass is 10.1. The predicted octanol–water partition coefficient (Wildman–Crippen LogP) is 5.02. The molecule has 0 fully saturated rings. The third-order valence-corrected chi connectivity index (χ3v) is 4.31. The van der Waals surface area contributed by atoms with Crippen LogP contribution in [0.4, 0.5) is 13.2 Å². The van der Waals surface area contributed by atoms with E-state index in [9.17, 15) is 18.0 Å². The first-order valence-electron chi connectivity index (χ1n) is 9.35. The van der Waals surface area contributed by atoms with E-state index < -0.39 is 23.3 Å². The number of esters is 1. The van der Waals surface area contributed by atoms with Crippen LogP contribution in [-0.2, 0) is 28.8 Å². The molecule has 0 unspecified atom stereocenters. The van der Waals surface area contributed by atoms with Crippen molar-refractivity contribution in [1.82, 2.24) is 5.32 Å². The van der Waals surface area contributed by atoms with Crippen LogP contribution in [0.2, 0.25) is 0 Å². The monoisotopic (exact) mass is 409 g/mol. The van der Waals surface area contributed by atoms with Crippen molar-refractivity contribution in [3.05, 3.63) is 64.7 Å². The van der Waals surface area contributed by atoms with Crippen LogP contribution in [0.15, 0.2) is 42.5 Å². The molecule has 0 radical (unpaired) electrons. The molecule has 2 aromatic carbocycles. The summed E-state index contributed by atoms with van der Waals surface area (Å²) in [7, 11) is 0. The summed E-state index contributed by atoms with van der Waals surface area (Å²) in [5, 5.41) is 3.21. The van der Waals surface area contributed by atoms with Gasteiger partial charge in [-0.1, -0.05) is 24.3 Å². The van der Waals surface area contributed by atoms with E-state index in [1.165, 1.54) is 12.1 Å². The maximum Gasteiger partial charge on any atom is 0.416 e. The second-order valence-electron chi connectivity index (χ2n) is 7.23. The number of rotatable bonds is 8. The topological polar surface area (TPSA) is 47.6 Å². The molecule has 0 aliphatic rings. The highest BCUT2D eigenvalue weighted by Crippen LogP contribution is 2.29. The van der Waals surface area contributed by atoms with Crippen LogP contribution in [0.25, 0.3) is 0 Å². The minimum Gasteiger partial charge on any atom is -0.476 e. The SMILES string of the molecule is CCOC(=O)C(C)(C)Oc1ccc(CNCc2ccc(C(F)(F)F)cc2)cc1C. The number of ether oxygens (including phenoxy) is 2. The molecule has 4 nitrogen and oxygen atoms in total. The molecular weight excluding hydrogens is 383 g/mol. The number of nitrogens with one attached hydrogen (secondary N) is 1. The van der Waals surface area contributed by atoms with E-state index in [2.05, 4.69) is 5.32 Å². The Kier molecular flexibility index (Phi) is 7.30. The second-order valence-corrected chi connectivity index (χ2v) is 7.23. The van der Waals surface area contributed by atoms with Crippen molar-refractivity contribution in [2.45, 2.75) is 52.6 Å². The minimum atomic E-state index is -4.32. The highest BCUT2D eigenvalue weighted by molar-refractivity contribution is 5.79. The molecular formula is C22H26F3NO3. The minimum absolute atomic E-state index is 0.286. The Balaban J connectivity index is 1.93. The number of alkyl halides is 3. The third-order valence-electron chi connectivity index (χ3n) is 4.31. The standard InChI is InChI=1S/C22H26F3NO3/c1-5-28-20(27)21(3,4)29-19-11-8-17(12-15(19)2)14-26-13-16-6-9-18(10-7-16)22(23,24)25/h6-12,26H,5,13-14H2,1-4H3. The van der Waals surface area contributed by atoms with Crippen LogP contribution in [0.1, 0.15) is 43.0 Å². The zero-order valence-electron chi connectivity index (χ0n) is 17.0. The highest BCUT2D eigenvalue weighted by Gasteiger charge is 2.32. The zero-order chi connectivity index (χ0) is 21.7. The smallest absolute Gasteiger partial charge is 0.416 e. The second kappa shape index (κ2) is 9.31. The van der Waals surface area contributed by atoms with Gasteiger partial charge in [-0.05, 0) is 62.6 Å². The van der Waals surface area contributed by atoms with Gasteiger partial charge in [-0.15, -0.1) is 0 Å². The molecule has 158 valence electrons. The Morgan fingerprint density at radius 2 is 1.59 bits per heavy atom. The summed E-state index contributed by atoms with van der Waals surface area (Å²) in [4.78, 5) is 12.0. The fourth-order valence-corrected chi connectivity index (χ4v) is 2.72. The maximum atomic E-state index is 12.6. The quantitative estimate of drug-likeness (QED) is 0.622. The Morgan fingerprint density at radius 1 is 1.00 bits per heavy atom. The fraction of sp³-hybridized carbons (Fsp3) is 0.409. The lowest BCUT2D eigenvalue weighted by molar-refractivity contribution is -0.158. The van der Waals surface area contributed by atoms with E-state index in [1.54, 1.807) is 26.8 Å². The number of carbonyl (C=O) groups excluding carboxylic acids is 1. The molecule has 0 aliphatic carbocycles. The van der Waals surface area contributed by atoms with Crippen molar-refractivity contribution in [3.63, 3.8) is 0 Å². The van der Waals surface area contributed by atoms with Crippen molar-refractivity contribution in [2.75, 3.05) is 6.61 Å². The number of carbonyl (C=O) groups is 1. The molecule has 0 saturated carbocycles. The van der Waals surface area contributed by atoms with Gasteiger partial charge in [-0.2, -0.15) is 13.2 Å². The molecule has 0 spiro atoms. The molecule has 29 heavy (non-hydrogen) atoms. The maximum absolute atomic E-state index is 12.6. The first-order valence-corrected chi connectivity index (χ1v) is 9.35. The van der Waals surface area contributed by atoms with Gasteiger partial charge in [0.15, 0.2) is 5.60 Å². The van der Waals surface area contributed by atoms with Gasteiger partial charge in [-0.25, -0.2) is 4.79 Å². The van der Waals surface area contributed by atoms with Gasteiger partial charge in [0.25, 0.3) is 0 Å². The average molecular weight is 409 g/mol. The van der Waals surface area contributed by atoms with E-state index in [4.69, 9.17) is 9.47 Å². The van der Waals surface area contributed by atoms with Crippen molar-refractivity contribution in [2.24, 2.45) is 0 Å². The lowest BCUT2D eigenvalue weighted by Crippen LogP contribution is -2.39. The molecule has 2 aromatic rings. The van der Waals surface area contributed by atoms with E-state index in [1.807, 2.05) is 19.1 Å². The van der Waals surface area contributed by atoms with Crippen molar-refractivity contribution in [1.29, 1.82) is 0 Å². The van der Waals surface area contributed by atoms with Gasteiger partial charge in [-0.3, -0.25) is 0 Å². The van der Waals surface area contributed by atoms with Crippen molar-refractivity contribution < 1.29 is 27.4 Å². The molecule has 0 aliphatic heterocycles. The van der Waals surface area contributed by atoms with Gasteiger partial charge < -0.3 is 14.8 Å². The highest BCUT2D eigenvalue weighted by atomic mass is 19.4. The van der Waals surface area contributed by atoms with E-state index in [0.29, 0.717) is 18.8 Å². The van der Waals surface area contributed by atoms with Gasteiger partial charge >= 0.3 is 12.1 Å². The average Bonchev–Trinajstić information content (AvgIpc) is 2.64. The summed E-state index contributed by atoms with van der Waals surface area (Å²) < 4.78 is 48.6. The molecule has 0 bridgehead atoms. The van der Waals surface area contributed by atoms with Gasteiger partial charge in [0.05, 0.1) is 12.2 Å². The number of aryl methyl sites for hydroxylation is 1. The lowest BCUT2D eigenvalue weighted by Gasteiger charge is -2.25. The summed E-state index contributed by atoms with van der Waals surface area (Å²) in [6, 6.07) is 10.7. The number of halogens is 3. The summed E-state index contributed by atoms with van der Waals surface area (Å²) in [6.07, 6.45) is -4.32. The summed E-state index contributed by atoms with van der Waals surface area (Å²) in [5.41, 5.74) is 0.888. The van der Waals surface area contributed by atoms with Crippen LogP contribution in [0.3, 0.4) is 0 Å². The van der Waals surface area contributed by atoms with E-state index >= 15 is 0 Å². The normalized spacial score (nSPS) is 12.0. The van der Waals surface area contributed by atoms with Crippen LogP contribution in [0, 0.1) is 6.92 Å². The summed E-state index contributed by atoms with van der Waals surface area (Å²) >= 11 is 0. The Labute approximate surface area is 169 Å². The number of hydrogen-bond acceptors (Lipinski definition) is 4. The third kappa shape index (κ3) is 6.49. The summed E-state index contributed by atoms with van der Waals surface area (Å²) in [5.74, 6) is 0.163.